The highest BCUT2D eigenvalue weighted by atomic mass is 16.5. The van der Waals surface area contributed by atoms with Crippen LogP contribution in [0.4, 0.5) is 0 Å². The molecule has 0 aliphatic carbocycles. The number of aliphatic hydroxyl groups excluding tert-OH is 1. The lowest BCUT2D eigenvalue weighted by atomic mass is 9.95. The van der Waals surface area contributed by atoms with Crippen molar-refractivity contribution in [1.29, 1.82) is 0 Å². The molecule has 0 bridgehead atoms. The molecule has 1 unspecified atom stereocenters. The van der Waals surface area contributed by atoms with Crippen molar-refractivity contribution in [2.75, 3.05) is 32.8 Å². The molecule has 1 fully saturated rings. The molecule has 7 heteroatoms. The van der Waals surface area contributed by atoms with Crippen LogP contribution in [0.2, 0.25) is 0 Å². The van der Waals surface area contributed by atoms with Crippen molar-refractivity contribution in [3.8, 4) is 17.2 Å². The number of ether oxygens (including phenoxy) is 2. The van der Waals surface area contributed by atoms with Gasteiger partial charge in [-0.05, 0) is 73.1 Å². The van der Waals surface area contributed by atoms with Gasteiger partial charge < -0.3 is 24.4 Å². The summed E-state index contributed by atoms with van der Waals surface area (Å²) in [5.41, 5.74) is 1.20. The van der Waals surface area contributed by atoms with Crippen molar-refractivity contribution in [1.82, 2.24) is 9.80 Å². The molecular weight excluding hydrogens is 504 g/mol. The number of aliphatic hydroxyl groups is 1. The Bertz CT molecular complexity index is 1330. The molecule has 1 saturated heterocycles. The zero-order chi connectivity index (χ0) is 28.6. The smallest absolute Gasteiger partial charge is 0.295 e. The summed E-state index contributed by atoms with van der Waals surface area (Å²) in [7, 11) is 0. The van der Waals surface area contributed by atoms with Crippen molar-refractivity contribution < 1.29 is 24.2 Å². The second-order valence-corrected chi connectivity index (χ2v) is 10.2. The number of carbonyl (C=O) groups is 2. The van der Waals surface area contributed by atoms with Gasteiger partial charge in [0.25, 0.3) is 11.7 Å². The standard InChI is InChI=1S/C33H38N2O5/c1-5-34(6-2)19-20-35-30(25-11-10-14-28(21-25)40-27-12-8-7-9-13-27)29(32(37)33(35)38)31(36)24-15-17-26(18-16-24)39-22-23(3)4/h7-18,21,23,30,36H,5-6,19-20,22H2,1-4H3/b31-29+. The predicted octanol–water partition coefficient (Wildman–Crippen LogP) is 6.28. The summed E-state index contributed by atoms with van der Waals surface area (Å²) in [4.78, 5) is 30.6. The molecule has 3 aromatic carbocycles. The lowest BCUT2D eigenvalue weighted by Gasteiger charge is -2.28. The maximum absolute atomic E-state index is 13.4. The highest BCUT2D eigenvalue weighted by Gasteiger charge is 2.46. The zero-order valence-corrected chi connectivity index (χ0v) is 23.7. The minimum absolute atomic E-state index is 0.0669. The maximum Gasteiger partial charge on any atom is 0.295 e. The molecule has 0 radical (unpaired) electrons. The second-order valence-electron chi connectivity index (χ2n) is 10.2. The van der Waals surface area contributed by atoms with E-state index in [9.17, 15) is 14.7 Å². The predicted molar refractivity (Wildman–Crippen MR) is 157 cm³/mol. The van der Waals surface area contributed by atoms with Gasteiger partial charge in [-0.15, -0.1) is 0 Å². The molecule has 0 aromatic heterocycles. The van der Waals surface area contributed by atoms with Crippen LogP contribution < -0.4 is 9.47 Å². The van der Waals surface area contributed by atoms with Gasteiger partial charge in [0, 0.05) is 18.7 Å². The molecular formula is C33H38N2O5. The van der Waals surface area contributed by atoms with Crippen molar-refractivity contribution in [3.63, 3.8) is 0 Å². The molecule has 40 heavy (non-hydrogen) atoms. The second kappa shape index (κ2) is 13.3. The summed E-state index contributed by atoms with van der Waals surface area (Å²) in [5.74, 6) is 0.772. The van der Waals surface area contributed by atoms with Crippen LogP contribution in [0.15, 0.2) is 84.4 Å². The molecule has 1 aliphatic heterocycles. The maximum atomic E-state index is 13.4. The Morgan fingerprint density at radius 1 is 0.900 bits per heavy atom. The monoisotopic (exact) mass is 542 g/mol. The van der Waals surface area contributed by atoms with Gasteiger partial charge in [0.05, 0.1) is 18.2 Å². The SMILES string of the molecule is CCN(CC)CCN1C(=O)C(=O)/C(=C(/O)c2ccc(OCC(C)C)cc2)C1c1cccc(Oc2ccccc2)c1. The van der Waals surface area contributed by atoms with E-state index >= 15 is 0 Å². The number of hydrogen-bond donors (Lipinski definition) is 1. The number of ketones is 1. The van der Waals surface area contributed by atoms with Gasteiger partial charge in [-0.3, -0.25) is 9.59 Å². The fraction of sp³-hybridized carbons (Fsp3) is 0.333. The fourth-order valence-corrected chi connectivity index (χ4v) is 4.75. The van der Waals surface area contributed by atoms with Crippen molar-refractivity contribution >= 4 is 17.4 Å². The first-order valence-electron chi connectivity index (χ1n) is 13.9. The molecule has 4 rings (SSSR count). The number of Topliss-reactive ketones (excluding diaryl/α,β-unsaturated/α-hetero) is 1. The number of benzene rings is 3. The van der Waals surface area contributed by atoms with Crippen LogP contribution in [0.1, 0.15) is 44.9 Å². The number of para-hydroxylation sites is 1. The topological polar surface area (TPSA) is 79.3 Å². The third-order valence-electron chi connectivity index (χ3n) is 6.96. The van der Waals surface area contributed by atoms with E-state index in [0.717, 1.165) is 13.1 Å². The Balaban J connectivity index is 1.73. The number of rotatable bonds is 12. The van der Waals surface area contributed by atoms with Crippen molar-refractivity contribution in [2.45, 2.75) is 33.7 Å². The molecule has 1 amide bonds. The molecule has 1 atom stereocenters. The Morgan fingerprint density at radius 3 is 2.23 bits per heavy atom. The lowest BCUT2D eigenvalue weighted by Crippen LogP contribution is -2.38. The quantitative estimate of drug-likeness (QED) is 0.165. The molecule has 1 aliphatic rings. The molecule has 0 spiro atoms. The summed E-state index contributed by atoms with van der Waals surface area (Å²) in [5, 5.41) is 11.4. The Labute approximate surface area is 236 Å². The summed E-state index contributed by atoms with van der Waals surface area (Å²) in [6.45, 7) is 11.5. The normalized spacial score (nSPS) is 16.6. The number of likely N-dealkylation sites (N-methyl/N-ethyl adjacent to an activating group) is 1. The van der Waals surface area contributed by atoms with Gasteiger partial charge >= 0.3 is 0 Å². The van der Waals surface area contributed by atoms with E-state index in [-0.39, 0.29) is 11.3 Å². The molecule has 7 nitrogen and oxygen atoms in total. The van der Waals surface area contributed by atoms with Gasteiger partial charge in [0.15, 0.2) is 0 Å². The summed E-state index contributed by atoms with van der Waals surface area (Å²) < 4.78 is 11.8. The lowest BCUT2D eigenvalue weighted by molar-refractivity contribution is -0.140. The van der Waals surface area contributed by atoms with E-state index in [1.54, 1.807) is 29.2 Å². The minimum Gasteiger partial charge on any atom is -0.507 e. The highest BCUT2D eigenvalue weighted by Crippen LogP contribution is 2.40. The number of carbonyl (C=O) groups excluding carboxylic acids is 2. The third-order valence-corrected chi connectivity index (χ3v) is 6.96. The van der Waals surface area contributed by atoms with Crippen molar-refractivity contribution in [3.05, 3.63) is 95.6 Å². The van der Waals surface area contributed by atoms with E-state index in [0.29, 0.717) is 54.0 Å². The summed E-state index contributed by atoms with van der Waals surface area (Å²) in [6.07, 6.45) is 0. The molecule has 1 heterocycles. The third kappa shape index (κ3) is 6.72. The van der Waals surface area contributed by atoms with Crippen LogP contribution in [-0.2, 0) is 9.59 Å². The van der Waals surface area contributed by atoms with E-state index in [1.807, 2.05) is 54.6 Å². The average Bonchev–Trinajstić information content (AvgIpc) is 3.22. The van der Waals surface area contributed by atoms with Crippen LogP contribution in [0.3, 0.4) is 0 Å². The largest absolute Gasteiger partial charge is 0.507 e. The Hall–Kier alpha value is -4.10. The highest BCUT2D eigenvalue weighted by molar-refractivity contribution is 6.46. The zero-order valence-electron chi connectivity index (χ0n) is 23.7. The number of likely N-dealkylation sites (tertiary alicyclic amines) is 1. The average molecular weight is 543 g/mol. The molecule has 3 aromatic rings. The fourth-order valence-electron chi connectivity index (χ4n) is 4.75. The number of amides is 1. The van der Waals surface area contributed by atoms with Crippen LogP contribution in [0.5, 0.6) is 17.2 Å². The van der Waals surface area contributed by atoms with Crippen LogP contribution in [0, 0.1) is 5.92 Å². The molecule has 210 valence electrons. The number of hydrogen-bond acceptors (Lipinski definition) is 6. The number of nitrogens with zero attached hydrogens (tertiary/aromatic N) is 2. The van der Waals surface area contributed by atoms with Gasteiger partial charge in [-0.25, -0.2) is 0 Å². The van der Waals surface area contributed by atoms with Crippen LogP contribution in [-0.4, -0.2) is 59.4 Å². The first-order valence-corrected chi connectivity index (χ1v) is 13.9. The Morgan fingerprint density at radius 2 is 1.57 bits per heavy atom. The van der Waals surface area contributed by atoms with E-state index in [2.05, 4.69) is 32.6 Å². The van der Waals surface area contributed by atoms with Crippen LogP contribution >= 0.6 is 0 Å². The van der Waals surface area contributed by atoms with E-state index < -0.39 is 17.7 Å². The summed E-state index contributed by atoms with van der Waals surface area (Å²) in [6, 6.07) is 22.9. The van der Waals surface area contributed by atoms with Gasteiger partial charge in [0.2, 0.25) is 0 Å². The molecule has 0 saturated carbocycles. The summed E-state index contributed by atoms with van der Waals surface area (Å²) >= 11 is 0. The first kappa shape index (κ1) is 28.9. The first-order chi connectivity index (χ1) is 19.3. The van der Waals surface area contributed by atoms with Gasteiger partial charge in [-0.2, -0.15) is 0 Å². The van der Waals surface area contributed by atoms with E-state index in [4.69, 9.17) is 9.47 Å². The Kier molecular flexibility index (Phi) is 9.61. The van der Waals surface area contributed by atoms with Crippen molar-refractivity contribution in [2.24, 2.45) is 5.92 Å². The van der Waals surface area contributed by atoms with Crippen LogP contribution in [0.25, 0.3) is 5.76 Å². The van der Waals surface area contributed by atoms with Gasteiger partial charge in [0.1, 0.15) is 23.0 Å². The minimum atomic E-state index is -0.758. The van der Waals surface area contributed by atoms with Gasteiger partial charge in [-0.1, -0.05) is 58.0 Å². The molecule has 1 N–H and O–H groups in total. The van der Waals surface area contributed by atoms with E-state index in [1.165, 1.54) is 0 Å².